The molecule has 0 bridgehead atoms. The minimum absolute atomic E-state index is 0.150. The Labute approximate surface area is 147 Å². The molecule has 2 atom stereocenters. The number of hydrogen-bond donors (Lipinski definition) is 2. The van der Waals surface area contributed by atoms with E-state index < -0.39 is 30.1 Å². The molecule has 136 valence electrons. The second-order valence-corrected chi connectivity index (χ2v) is 6.39. The Morgan fingerprint density at radius 1 is 1.20 bits per heavy atom. The first-order valence-electron chi connectivity index (χ1n) is 8.43. The molecule has 1 aliphatic rings. The van der Waals surface area contributed by atoms with E-state index in [1.165, 1.54) is 6.92 Å². The van der Waals surface area contributed by atoms with Crippen molar-refractivity contribution in [2.24, 2.45) is 0 Å². The molecule has 0 aliphatic heterocycles. The lowest BCUT2D eigenvalue weighted by atomic mass is 10.2. The molecule has 7 heteroatoms. The number of hydrogen-bond acceptors (Lipinski definition) is 5. The highest BCUT2D eigenvalue weighted by molar-refractivity contribution is 5.97. The molecule has 0 spiro atoms. The van der Waals surface area contributed by atoms with Crippen LogP contribution in [0.3, 0.4) is 0 Å². The first kappa shape index (κ1) is 18.9. The van der Waals surface area contributed by atoms with E-state index in [2.05, 4.69) is 10.6 Å². The Morgan fingerprint density at radius 2 is 1.84 bits per heavy atom. The fourth-order valence-electron chi connectivity index (χ4n) is 2.18. The molecule has 0 heterocycles. The molecule has 0 aromatic heterocycles. The number of esters is 1. The lowest BCUT2D eigenvalue weighted by Crippen LogP contribution is -2.47. The van der Waals surface area contributed by atoms with E-state index >= 15 is 0 Å². The molecule has 2 rings (SSSR count). The molecule has 25 heavy (non-hydrogen) atoms. The lowest BCUT2D eigenvalue weighted by Gasteiger charge is -2.24. The zero-order chi connectivity index (χ0) is 18.4. The summed E-state index contributed by atoms with van der Waals surface area (Å²) in [5.74, 6) is -1.15. The summed E-state index contributed by atoms with van der Waals surface area (Å²) in [6, 6.07) is 8.83. The number of likely N-dealkylation sites (N-methyl/N-ethyl adjacent to an activating group) is 1. The average Bonchev–Trinajstić information content (AvgIpc) is 3.38. The van der Waals surface area contributed by atoms with E-state index in [4.69, 9.17) is 4.74 Å². The SMILES string of the molecule is C[C@H](C(=O)O[C@H](C)C(=O)NC(=O)NC1CC1)N(C)Cc1ccccc1. The third kappa shape index (κ3) is 6.19. The van der Waals surface area contributed by atoms with Gasteiger partial charge >= 0.3 is 12.0 Å². The van der Waals surface area contributed by atoms with Gasteiger partial charge in [-0.1, -0.05) is 30.3 Å². The summed E-state index contributed by atoms with van der Waals surface area (Å²) in [5.41, 5.74) is 1.08. The molecule has 1 fully saturated rings. The van der Waals surface area contributed by atoms with Crippen LogP contribution >= 0.6 is 0 Å². The largest absolute Gasteiger partial charge is 0.451 e. The number of urea groups is 1. The van der Waals surface area contributed by atoms with Crippen molar-refractivity contribution in [1.82, 2.24) is 15.5 Å². The van der Waals surface area contributed by atoms with Crippen LogP contribution < -0.4 is 10.6 Å². The fraction of sp³-hybridized carbons (Fsp3) is 0.500. The van der Waals surface area contributed by atoms with E-state index in [0.717, 1.165) is 18.4 Å². The second kappa shape index (κ2) is 8.62. The summed E-state index contributed by atoms with van der Waals surface area (Å²) in [7, 11) is 1.81. The number of amides is 3. The van der Waals surface area contributed by atoms with Crippen LogP contribution in [0.4, 0.5) is 4.79 Å². The smallest absolute Gasteiger partial charge is 0.323 e. The highest BCUT2D eigenvalue weighted by Gasteiger charge is 2.27. The van der Waals surface area contributed by atoms with Crippen molar-refractivity contribution >= 4 is 17.9 Å². The van der Waals surface area contributed by atoms with Gasteiger partial charge in [-0.15, -0.1) is 0 Å². The highest BCUT2D eigenvalue weighted by Crippen LogP contribution is 2.18. The lowest BCUT2D eigenvalue weighted by molar-refractivity contribution is -0.158. The van der Waals surface area contributed by atoms with Gasteiger partial charge in [0.05, 0.1) is 0 Å². The number of rotatable bonds is 7. The van der Waals surface area contributed by atoms with E-state index in [1.54, 1.807) is 6.92 Å². The Kier molecular flexibility index (Phi) is 6.52. The first-order valence-corrected chi connectivity index (χ1v) is 8.43. The summed E-state index contributed by atoms with van der Waals surface area (Å²) in [6.07, 6.45) is 0.819. The van der Waals surface area contributed by atoms with Crippen molar-refractivity contribution in [2.75, 3.05) is 7.05 Å². The molecule has 1 aromatic carbocycles. The van der Waals surface area contributed by atoms with Gasteiger partial charge in [-0.05, 0) is 39.3 Å². The van der Waals surface area contributed by atoms with Gasteiger partial charge in [-0.3, -0.25) is 19.8 Å². The molecule has 2 N–H and O–H groups in total. The normalized spacial score (nSPS) is 16.0. The van der Waals surface area contributed by atoms with Crippen LogP contribution in [0.2, 0.25) is 0 Å². The van der Waals surface area contributed by atoms with Crippen LogP contribution in [-0.4, -0.2) is 48.0 Å². The van der Waals surface area contributed by atoms with Gasteiger partial charge < -0.3 is 10.1 Å². The number of benzene rings is 1. The number of carbonyl (C=O) groups excluding carboxylic acids is 3. The minimum Gasteiger partial charge on any atom is -0.451 e. The summed E-state index contributed by atoms with van der Waals surface area (Å²) in [4.78, 5) is 37.5. The third-order valence-electron chi connectivity index (χ3n) is 4.09. The number of ether oxygens (including phenoxy) is 1. The second-order valence-electron chi connectivity index (χ2n) is 6.39. The Hall–Kier alpha value is -2.41. The molecule has 0 saturated heterocycles. The minimum atomic E-state index is -1.04. The van der Waals surface area contributed by atoms with Gasteiger partial charge in [0, 0.05) is 12.6 Å². The first-order chi connectivity index (χ1) is 11.9. The predicted octanol–water partition coefficient (Wildman–Crippen LogP) is 1.43. The van der Waals surface area contributed by atoms with Crippen LogP contribution in [0.25, 0.3) is 0 Å². The zero-order valence-corrected chi connectivity index (χ0v) is 14.8. The van der Waals surface area contributed by atoms with Crippen LogP contribution in [-0.2, 0) is 20.9 Å². The summed E-state index contributed by atoms with van der Waals surface area (Å²) >= 11 is 0. The number of imide groups is 1. The third-order valence-corrected chi connectivity index (χ3v) is 4.09. The maximum atomic E-state index is 12.2. The number of carbonyl (C=O) groups is 3. The van der Waals surface area contributed by atoms with Crippen LogP contribution in [0, 0.1) is 0 Å². The van der Waals surface area contributed by atoms with E-state index in [1.807, 2.05) is 42.3 Å². The van der Waals surface area contributed by atoms with Crippen molar-refractivity contribution < 1.29 is 19.1 Å². The van der Waals surface area contributed by atoms with Crippen molar-refractivity contribution in [2.45, 2.75) is 51.4 Å². The molecule has 1 aromatic rings. The molecule has 0 unspecified atom stereocenters. The van der Waals surface area contributed by atoms with Gasteiger partial charge in [0.25, 0.3) is 5.91 Å². The van der Waals surface area contributed by atoms with Gasteiger partial charge in [0.2, 0.25) is 0 Å². The summed E-state index contributed by atoms with van der Waals surface area (Å²) < 4.78 is 5.18. The van der Waals surface area contributed by atoms with Gasteiger partial charge in [0.1, 0.15) is 6.04 Å². The predicted molar refractivity (Wildman–Crippen MR) is 92.6 cm³/mol. The van der Waals surface area contributed by atoms with Crippen LogP contribution in [0.5, 0.6) is 0 Å². The highest BCUT2D eigenvalue weighted by atomic mass is 16.5. The molecule has 7 nitrogen and oxygen atoms in total. The zero-order valence-electron chi connectivity index (χ0n) is 14.8. The quantitative estimate of drug-likeness (QED) is 0.729. The Balaban J connectivity index is 1.78. The van der Waals surface area contributed by atoms with Crippen molar-refractivity contribution in [3.8, 4) is 0 Å². The molecule has 3 amide bonds. The summed E-state index contributed by atoms with van der Waals surface area (Å²) in [5, 5.41) is 4.83. The number of nitrogens with zero attached hydrogens (tertiary/aromatic N) is 1. The van der Waals surface area contributed by atoms with Crippen molar-refractivity contribution in [3.63, 3.8) is 0 Å². The maximum Gasteiger partial charge on any atom is 0.323 e. The molecular formula is C18H25N3O4. The van der Waals surface area contributed by atoms with Crippen molar-refractivity contribution in [1.29, 1.82) is 0 Å². The van der Waals surface area contributed by atoms with E-state index in [-0.39, 0.29) is 6.04 Å². The Morgan fingerprint density at radius 3 is 2.44 bits per heavy atom. The van der Waals surface area contributed by atoms with Gasteiger partial charge in [0.15, 0.2) is 6.10 Å². The molecule has 1 saturated carbocycles. The monoisotopic (exact) mass is 347 g/mol. The summed E-state index contributed by atoms with van der Waals surface area (Å²) in [6.45, 7) is 3.75. The van der Waals surface area contributed by atoms with E-state index in [9.17, 15) is 14.4 Å². The molecule has 1 aliphatic carbocycles. The van der Waals surface area contributed by atoms with Crippen LogP contribution in [0.1, 0.15) is 32.3 Å². The number of nitrogens with one attached hydrogen (secondary N) is 2. The molecular weight excluding hydrogens is 322 g/mol. The van der Waals surface area contributed by atoms with Gasteiger partial charge in [-0.25, -0.2) is 4.79 Å². The van der Waals surface area contributed by atoms with Crippen LogP contribution in [0.15, 0.2) is 30.3 Å². The Bertz CT molecular complexity index is 616. The van der Waals surface area contributed by atoms with Crippen molar-refractivity contribution in [3.05, 3.63) is 35.9 Å². The molecule has 0 radical (unpaired) electrons. The average molecular weight is 347 g/mol. The fourth-order valence-corrected chi connectivity index (χ4v) is 2.18. The maximum absolute atomic E-state index is 12.2. The van der Waals surface area contributed by atoms with Gasteiger partial charge in [-0.2, -0.15) is 0 Å². The topological polar surface area (TPSA) is 87.7 Å². The standard InChI is InChI=1S/C18H25N3O4/c1-12(21(3)11-14-7-5-4-6-8-14)17(23)25-13(2)16(22)20-18(24)19-15-9-10-15/h4-8,12-13,15H,9-11H2,1-3H3,(H2,19,20,22,24)/t12-,13-/m1/s1. The van der Waals surface area contributed by atoms with E-state index in [0.29, 0.717) is 6.54 Å².